The van der Waals surface area contributed by atoms with E-state index >= 15 is 0 Å². The number of phenols is 1. The van der Waals surface area contributed by atoms with Gasteiger partial charge in [-0.15, -0.1) is 0 Å². The number of aromatic hydroxyl groups is 1. The molecule has 0 saturated heterocycles. The van der Waals surface area contributed by atoms with Crippen molar-refractivity contribution < 1.29 is 14.8 Å². The van der Waals surface area contributed by atoms with Crippen LogP contribution >= 0.6 is 15.9 Å². The third kappa shape index (κ3) is 3.81. The highest BCUT2D eigenvalue weighted by atomic mass is 79.9. The van der Waals surface area contributed by atoms with Gasteiger partial charge in [-0.1, -0.05) is 42.0 Å². The zero-order chi connectivity index (χ0) is 19.7. The van der Waals surface area contributed by atoms with Crippen molar-refractivity contribution in [1.29, 1.82) is 0 Å². The molecule has 5 heteroatoms. The summed E-state index contributed by atoms with van der Waals surface area (Å²) in [4.78, 5) is 0. The molecule has 0 amide bonds. The van der Waals surface area contributed by atoms with Crippen LogP contribution in [0.3, 0.4) is 0 Å². The summed E-state index contributed by atoms with van der Waals surface area (Å²) in [5.41, 5.74) is 5.06. The first-order valence-electron chi connectivity index (χ1n) is 9.14. The second kappa shape index (κ2) is 7.78. The summed E-state index contributed by atoms with van der Waals surface area (Å²) in [6.07, 6.45) is 2.00. The molecule has 4 N–H and O–H groups in total. The Morgan fingerprint density at radius 2 is 1.79 bits per heavy atom. The minimum Gasteiger partial charge on any atom is -0.507 e. The monoisotopic (exact) mass is 439 g/mol. The van der Waals surface area contributed by atoms with Crippen molar-refractivity contribution in [1.82, 2.24) is 5.32 Å². The van der Waals surface area contributed by atoms with Gasteiger partial charge in [0.25, 0.3) is 0 Å². The zero-order valence-electron chi connectivity index (χ0n) is 15.4. The number of phenolic OH excluding ortho intramolecular Hbond substituents is 1. The van der Waals surface area contributed by atoms with Gasteiger partial charge in [0.15, 0.2) is 6.17 Å². The number of hydrogen-bond donors (Lipinski definition) is 3. The van der Waals surface area contributed by atoms with Crippen LogP contribution in [0, 0.1) is 12.7 Å². The molecule has 0 spiro atoms. The topological polar surface area (TPSA) is 48.9 Å². The SMILES string of the molecule is Cc1ccc(C2=CC(c3ccccc3O)[NH2+]C(c3ccc(F)c(Br)c3)N2)cc1. The largest absolute Gasteiger partial charge is 0.507 e. The lowest BCUT2D eigenvalue weighted by Gasteiger charge is -2.30. The lowest BCUT2D eigenvalue weighted by Crippen LogP contribution is -2.89. The first-order chi connectivity index (χ1) is 13.5. The van der Waals surface area contributed by atoms with Gasteiger partial charge in [0.2, 0.25) is 0 Å². The molecule has 0 aromatic heterocycles. The highest BCUT2D eigenvalue weighted by molar-refractivity contribution is 9.10. The summed E-state index contributed by atoms with van der Waals surface area (Å²) in [7, 11) is 0. The van der Waals surface area contributed by atoms with E-state index in [1.807, 2.05) is 18.2 Å². The Balaban J connectivity index is 1.76. The molecule has 3 aromatic rings. The molecule has 2 atom stereocenters. The van der Waals surface area contributed by atoms with Crippen LogP contribution in [-0.2, 0) is 0 Å². The molecule has 3 aromatic carbocycles. The average Bonchev–Trinajstić information content (AvgIpc) is 2.70. The Morgan fingerprint density at radius 1 is 1.04 bits per heavy atom. The first kappa shape index (κ1) is 18.7. The van der Waals surface area contributed by atoms with Crippen LogP contribution in [0.5, 0.6) is 5.75 Å². The number of nitrogens with two attached hydrogens (primary N) is 1. The summed E-state index contributed by atoms with van der Waals surface area (Å²) >= 11 is 3.28. The van der Waals surface area contributed by atoms with Crippen LogP contribution in [-0.4, -0.2) is 5.11 Å². The number of halogens is 2. The molecule has 0 aliphatic carbocycles. The fourth-order valence-electron chi connectivity index (χ4n) is 3.48. The Hall–Kier alpha value is -2.63. The van der Waals surface area contributed by atoms with Gasteiger partial charge >= 0.3 is 0 Å². The number of quaternary nitrogens is 1. The van der Waals surface area contributed by atoms with Crippen LogP contribution in [0.4, 0.5) is 4.39 Å². The smallest absolute Gasteiger partial charge is 0.186 e. The van der Waals surface area contributed by atoms with E-state index in [1.54, 1.807) is 18.2 Å². The maximum atomic E-state index is 13.7. The third-order valence-electron chi connectivity index (χ3n) is 5.02. The number of nitrogens with one attached hydrogen (secondary N) is 1. The van der Waals surface area contributed by atoms with E-state index < -0.39 is 0 Å². The molecule has 1 aliphatic heterocycles. The molecule has 0 fully saturated rings. The molecule has 142 valence electrons. The van der Waals surface area contributed by atoms with Crippen molar-refractivity contribution in [2.45, 2.75) is 19.1 Å². The Bertz CT molecular complexity index is 1030. The van der Waals surface area contributed by atoms with Crippen molar-refractivity contribution in [2.24, 2.45) is 0 Å². The Kier molecular flexibility index (Phi) is 5.20. The van der Waals surface area contributed by atoms with Gasteiger partial charge in [-0.3, -0.25) is 0 Å². The Morgan fingerprint density at radius 3 is 2.50 bits per heavy atom. The van der Waals surface area contributed by atoms with E-state index in [0.717, 1.165) is 22.4 Å². The van der Waals surface area contributed by atoms with Gasteiger partial charge in [0.05, 0.1) is 10.0 Å². The standard InChI is InChI=1S/C23H20BrFN2O/c1-14-6-8-15(9-7-14)20-13-21(17-4-2-3-5-22(17)28)27-23(26-20)16-10-11-19(25)18(24)12-16/h2-13,21,23,26-28H,1H3/p+1. The summed E-state index contributed by atoms with van der Waals surface area (Å²) < 4.78 is 14.2. The minimum absolute atomic E-state index is 0.0763. The predicted molar refractivity (Wildman–Crippen MR) is 112 cm³/mol. The molecular formula is C23H21BrFN2O+. The van der Waals surface area contributed by atoms with Crippen molar-refractivity contribution >= 4 is 21.6 Å². The number of para-hydroxylation sites is 1. The molecule has 3 nitrogen and oxygen atoms in total. The molecule has 0 bridgehead atoms. The van der Waals surface area contributed by atoms with E-state index in [0.29, 0.717) is 4.47 Å². The minimum atomic E-state index is -0.286. The summed E-state index contributed by atoms with van der Waals surface area (Å²) in [5, 5.41) is 16.0. The van der Waals surface area contributed by atoms with Gasteiger partial charge in [-0.25, -0.2) is 4.39 Å². The summed E-state index contributed by atoms with van der Waals surface area (Å²) in [6, 6.07) is 20.7. The number of rotatable bonds is 3. The molecule has 0 saturated carbocycles. The zero-order valence-corrected chi connectivity index (χ0v) is 16.9. The van der Waals surface area contributed by atoms with Crippen LogP contribution < -0.4 is 10.6 Å². The molecular weight excluding hydrogens is 419 g/mol. The van der Waals surface area contributed by atoms with Crippen molar-refractivity contribution in [3.63, 3.8) is 0 Å². The molecule has 28 heavy (non-hydrogen) atoms. The Labute approximate surface area is 172 Å². The molecule has 0 radical (unpaired) electrons. The summed E-state index contributed by atoms with van der Waals surface area (Å²) in [5.74, 6) is -0.0182. The maximum Gasteiger partial charge on any atom is 0.186 e. The van der Waals surface area contributed by atoms with Crippen molar-refractivity contribution in [3.05, 3.63) is 105 Å². The predicted octanol–water partition coefficient (Wildman–Crippen LogP) is 4.55. The third-order valence-corrected chi connectivity index (χ3v) is 5.63. The fourth-order valence-corrected chi connectivity index (χ4v) is 3.88. The van der Waals surface area contributed by atoms with E-state index in [4.69, 9.17) is 0 Å². The van der Waals surface area contributed by atoms with Crippen LogP contribution in [0.2, 0.25) is 0 Å². The quantitative estimate of drug-likeness (QED) is 0.560. The maximum absolute atomic E-state index is 13.7. The van der Waals surface area contributed by atoms with Crippen LogP contribution in [0.1, 0.15) is 34.5 Å². The van der Waals surface area contributed by atoms with Gasteiger partial charge < -0.3 is 15.7 Å². The lowest BCUT2D eigenvalue weighted by molar-refractivity contribution is -0.731. The van der Waals surface area contributed by atoms with E-state index in [1.165, 1.54) is 11.6 Å². The normalized spacial score (nSPS) is 19.0. The lowest BCUT2D eigenvalue weighted by atomic mass is 9.97. The van der Waals surface area contributed by atoms with Crippen molar-refractivity contribution in [2.75, 3.05) is 0 Å². The summed E-state index contributed by atoms with van der Waals surface area (Å²) in [6.45, 7) is 2.06. The van der Waals surface area contributed by atoms with E-state index in [2.05, 4.69) is 63.8 Å². The van der Waals surface area contributed by atoms with E-state index in [-0.39, 0.29) is 23.8 Å². The number of aryl methyl sites for hydroxylation is 1. The highest BCUT2D eigenvalue weighted by Gasteiger charge is 2.29. The highest BCUT2D eigenvalue weighted by Crippen LogP contribution is 2.29. The molecule has 4 rings (SSSR count). The van der Waals surface area contributed by atoms with Gasteiger partial charge in [0, 0.05) is 17.3 Å². The first-order valence-corrected chi connectivity index (χ1v) is 9.94. The molecule has 1 aliphatic rings. The second-order valence-corrected chi connectivity index (χ2v) is 7.87. The molecule has 2 unspecified atom stereocenters. The fraction of sp³-hybridized carbons (Fsp3) is 0.130. The van der Waals surface area contributed by atoms with Gasteiger partial charge in [-0.2, -0.15) is 0 Å². The van der Waals surface area contributed by atoms with Crippen molar-refractivity contribution in [3.8, 4) is 5.75 Å². The second-order valence-electron chi connectivity index (χ2n) is 7.02. The number of benzene rings is 3. The van der Waals surface area contributed by atoms with Gasteiger partial charge in [0.1, 0.15) is 17.6 Å². The molecule has 1 heterocycles. The average molecular weight is 440 g/mol. The van der Waals surface area contributed by atoms with Crippen LogP contribution in [0.25, 0.3) is 5.70 Å². The number of hydrogen-bond acceptors (Lipinski definition) is 2. The van der Waals surface area contributed by atoms with Crippen LogP contribution in [0.15, 0.2) is 77.3 Å². The van der Waals surface area contributed by atoms with Gasteiger partial charge in [-0.05, 0) is 58.7 Å². The van der Waals surface area contributed by atoms with E-state index in [9.17, 15) is 9.50 Å².